The van der Waals surface area contributed by atoms with E-state index in [4.69, 9.17) is 0 Å². The van der Waals surface area contributed by atoms with Crippen LogP contribution in [0.4, 0.5) is 105 Å². The zero-order chi connectivity index (χ0) is 65.7. The van der Waals surface area contributed by atoms with Crippen molar-refractivity contribution in [2.75, 3.05) is 28.2 Å². The molecule has 6 aromatic carbocycles. The van der Waals surface area contributed by atoms with Crippen LogP contribution in [0.15, 0.2) is 133 Å². The van der Waals surface area contributed by atoms with E-state index < -0.39 is 166 Å². The summed E-state index contributed by atoms with van der Waals surface area (Å²) in [6, 6.07) is 19.5. The van der Waals surface area contributed by atoms with Gasteiger partial charge in [-0.15, -0.1) is 0 Å². The first-order chi connectivity index (χ1) is 40.3. The molecule has 0 bridgehead atoms. The Morgan fingerprint density at radius 3 is 0.659 bits per heavy atom. The third-order valence-corrected chi connectivity index (χ3v) is 21.2. The normalized spacial score (nSPS) is 18.5. The van der Waals surface area contributed by atoms with E-state index in [2.05, 4.69) is 0 Å². The minimum Gasteiger partial charge on any atom is -0.358 e. The zero-order valence-corrected chi connectivity index (χ0v) is 51.5. The van der Waals surface area contributed by atoms with Crippen LogP contribution in [0.1, 0.15) is 106 Å². The second-order valence-electron chi connectivity index (χ2n) is 21.8. The first kappa shape index (κ1) is 78.4. The van der Waals surface area contributed by atoms with E-state index >= 15 is 0 Å². The van der Waals surface area contributed by atoms with Gasteiger partial charge in [-0.05, 0) is 198 Å². The molecular formula is C62H58F24FeN2P2. The van der Waals surface area contributed by atoms with Crippen LogP contribution < -0.4 is 21.2 Å². The van der Waals surface area contributed by atoms with Crippen molar-refractivity contribution in [1.29, 1.82) is 0 Å². The maximum absolute atomic E-state index is 13.9. The van der Waals surface area contributed by atoms with Crippen LogP contribution in [-0.2, 0) is 66.5 Å². The molecule has 0 N–H and O–H groups in total. The number of alkyl halides is 24. The molecule has 0 aromatic heterocycles. The van der Waals surface area contributed by atoms with E-state index in [0.717, 1.165) is 11.1 Å². The summed E-state index contributed by atoms with van der Waals surface area (Å²) >= 11 is 0. The fourth-order valence-corrected chi connectivity index (χ4v) is 18.5. The number of hydrogen-bond acceptors (Lipinski definition) is 2. The van der Waals surface area contributed by atoms with Gasteiger partial charge >= 0.3 is 66.5 Å². The fraction of sp³-hybridized carbons (Fsp3) is 0.387. The van der Waals surface area contributed by atoms with E-state index in [-0.39, 0.29) is 69.0 Å². The van der Waals surface area contributed by atoms with Crippen LogP contribution in [-0.4, -0.2) is 49.3 Å². The monoisotopic (exact) mass is 1400 g/mol. The first-order valence-corrected chi connectivity index (χ1v) is 29.4. The van der Waals surface area contributed by atoms with Gasteiger partial charge in [0.25, 0.3) is 0 Å². The number of rotatable bonds is 12. The van der Waals surface area contributed by atoms with Crippen LogP contribution in [0.25, 0.3) is 0 Å². The maximum Gasteiger partial charge on any atom is 2.00 e. The third-order valence-electron chi connectivity index (χ3n) is 15.3. The Balaban J connectivity index is 0.000000376. The molecule has 4 unspecified atom stereocenters. The minimum atomic E-state index is -5.27. The third kappa shape index (κ3) is 19.1. The van der Waals surface area contributed by atoms with Crippen molar-refractivity contribution in [2.24, 2.45) is 11.8 Å². The molecule has 91 heavy (non-hydrogen) atoms. The van der Waals surface area contributed by atoms with Gasteiger partial charge in [0, 0.05) is 12.1 Å². The van der Waals surface area contributed by atoms with Crippen molar-refractivity contribution in [3.63, 3.8) is 0 Å². The molecule has 2 nitrogen and oxygen atoms in total. The van der Waals surface area contributed by atoms with Crippen molar-refractivity contribution in [3.8, 4) is 0 Å². The Morgan fingerprint density at radius 2 is 0.495 bits per heavy atom. The molecular weight excluding hydrogens is 1350 g/mol. The zero-order valence-electron chi connectivity index (χ0n) is 48.6. The molecule has 0 radical (unpaired) electrons. The topological polar surface area (TPSA) is 6.48 Å². The van der Waals surface area contributed by atoms with Crippen LogP contribution in [0.2, 0.25) is 0 Å². The van der Waals surface area contributed by atoms with Gasteiger partial charge < -0.3 is 24.7 Å². The van der Waals surface area contributed by atoms with Gasteiger partial charge in [-0.25, -0.2) is 0 Å². The molecule has 2 aliphatic carbocycles. The second-order valence-corrected chi connectivity index (χ2v) is 26.6. The fourth-order valence-electron chi connectivity index (χ4n) is 11.8. The van der Waals surface area contributed by atoms with Crippen molar-refractivity contribution in [3.05, 3.63) is 204 Å². The minimum absolute atomic E-state index is 0. The molecule has 6 atom stereocenters. The number of benzene rings is 6. The summed E-state index contributed by atoms with van der Waals surface area (Å²) in [5, 5.41) is -2.40. The van der Waals surface area contributed by atoms with Gasteiger partial charge in [0.2, 0.25) is 0 Å². The molecule has 0 saturated heterocycles. The van der Waals surface area contributed by atoms with Crippen LogP contribution in [0.5, 0.6) is 0 Å². The largest absolute Gasteiger partial charge is 2.00 e. The Bertz CT molecular complexity index is 2830. The summed E-state index contributed by atoms with van der Waals surface area (Å²) in [4.78, 5) is 3.57. The van der Waals surface area contributed by atoms with E-state index in [1.807, 2.05) is 0 Å². The van der Waals surface area contributed by atoms with E-state index in [1.165, 1.54) is 0 Å². The summed E-state index contributed by atoms with van der Waals surface area (Å²) in [6.07, 6.45) is -40.2. The van der Waals surface area contributed by atoms with Gasteiger partial charge in [0.15, 0.2) is 0 Å². The van der Waals surface area contributed by atoms with Crippen molar-refractivity contribution < 1.29 is 122 Å². The summed E-state index contributed by atoms with van der Waals surface area (Å²) < 4.78 is 333. The molecule has 8 rings (SSSR count). The molecule has 0 amide bonds. The summed E-state index contributed by atoms with van der Waals surface area (Å²) in [5.41, 5.74) is -13.8. The number of halogens is 24. The Labute approximate surface area is 522 Å². The van der Waals surface area contributed by atoms with Gasteiger partial charge in [-0.1, -0.05) is 73.5 Å². The van der Waals surface area contributed by atoms with E-state index in [1.54, 1.807) is 98.7 Å². The predicted molar refractivity (Wildman–Crippen MR) is 299 cm³/mol. The average molecular weight is 1400 g/mol. The molecule has 0 aliphatic heterocycles. The number of hydrogen-bond donors (Lipinski definition) is 0. The Hall–Kier alpha value is -5.06. The van der Waals surface area contributed by atoms with E-state index in [0.29, 0.717) is 74.2 Å². The molecule has 2 saturated carbocycles. The molecule has 6 aromatic rings. The summed E-state index contributed by atoms with van der Waals surface area (Å²) in [6.45, 7) is 0. The average Bonchev–Trinajstić information content (AvgIpc) is 1.75. The van der Waals surface area contributed by atoms with Gasteiger partial charge in [-0.3, -0.25) is 0 Å². The molecule has 2 fully saturated rings. The maximum atomic E-state index is 13.9. The SMILES string of the molecule is CN(C)[C@@H](c1ccccc1)C1CCCC1P(c1cc(C(F)(F)F)cc(C(F)(F)F)c1)c1cc(C(F)(F)F)cc(C(F)(F)F)c1.CN(C)[C@H](c1ccccc1)C1CCCC1P(c1cc(C(F)(F)F)cc(C(F)(F)F)c1)c1cc(C(F)(F)F)cc(C(F)(F)F)c1.[CH3-].[CH3-].[Fe+2]. The van der Waals surface area contributed by atoms with Gasteiger partial charge in [0.1, 0.15) is 0 Å². The molecule has 502 valence electrons. The molecule has 0 heterocycles. The van der Waals surface area contributed by atoms with Gasteiger partial charge in [0.05, 0.1) is 44.5 Å². The standard InChI is InChI=1S/2C30H26F12NP.2CH3.Fe/c2*1-43(2)26(17-7-4-3-5-8-17)24-9-6-10-25(24)44(22-13-18(27(31,32)33)11-19(14-22)28(34,35)36)23-15-20(29(37,38)39)12-21(16-23)30(40,41)42;;;/h2*3-5,7-8,11-16,24-26H,6,9-10H2,1-2H3;2*1H3;/q;;2*-1;+2/t2*24?,25?,26-;;;/m10.../s1. The summed E-state index contributed by atoms with van der Waals surface area (Å²) in [5.74, 6) is -1.04. The Kier molecular flexibility index (Phi) is 25.2. The van der Waals surface area contributed by atoms with Crippen LogP contribution in [0, 0.1) is 26.7 Å². The number of nitrogens with zero attached hydrogens (tertiary/aromatic N) is 2. The predicted octanol–water partition coefficient (Wildman–Crippen LogP) is 20.2. The van der Waals surface area contributed by atoms with Gasteiger partial charge in [-0.2, -0.15) is 105 Å². The van der Waals surface area contributed by atoms with E-state index in [9.17, 15) is 105 Å². The second kappa shape index (κ2) is 29.3. The quantitative estimate of drug-likeness (QED) is 0.0521. The smallest absolute Gasteiger partial charge is 0.358 e. The molecule has 0 spiro atoms. The van der Waals surface area contributed by atoms with Crippen molar-refractivity contribution in [2.45, 2.75) is 111 Å². The first-order valence-electron chi connectivity index (χ1n) is 26.5. The summed E-state index contributed by atoms with van der Waals surface area (Å²) in [7, 11) is 1.57. The Morgan fingerprint density at radius 1 is 0.308 bits per heavy atom. The van der Waals surface area contributed by atoms with Crippen LogP contribution >= 0.6 is 15.8 Å². The van der Waals surface area contributed by atoms with Crippen LogP contribution in [0.3, 0.4) is 0 Å². The van der Waals surface area contributed by atoms with Crippen molar-refractivity contribution >= 4 is 37.1 Å². The molecule has 2 aliphatic rings. The molecule has 29 heteroatoms. The van der Waals surface area contributed by atoms with Crippen molar-refractivity contribution in [1.82, 2.24) is 9.80 Å².